The van der Waals surface area contributed by atoms with Crippen LogP contribution in [0, 0.1) is 0 Å². The van der Waals surface area contributed by atoms with Crippen molar-refractivity contribution in [3.63, 3.8) is 0 Å². The van der Waals surface area contributed by atoms with Gasteiger partial charge < -0.3 is 19.4 Å². The average Bonchev–Trinajstić information content (AvgIpc) is 2.86. The molecular formula is C13H23N3O3. The standard InChI is InChI=1S/C13H23N3O3/c1-16(2)6-7-18-8-9-19-13(17)5-3-4-12-10-14-11-15-12/h10-11H,3-9H2,1-2H3,(H,14,15). The molecule has 0 aliphatic rings. The van der Waals surface area contributed by atoms with Crippen LogP contribution in [0.2, 0.25) is 0 Å². The van der Waals surface area contributed by atoms with Crippen molar-refractivity contribution in [1.82, 2.24) is 14.9 Å². The summed E-state index contributed by atoms with van der Waals surface area (Å²) in [7, 11) is 3.98. The normalized spacial score (nSPS) is 10.9. The van der Waals surface area contributed by atoms with Gasteiger partial charge in [0.2, 0.25) is 0 Å². The molecule has 0 bridgehead atoms. The lowest BCUT2D eigenvalue weighted by Crippen LogP contribution is -2.19. The molecule has 1 aromatic heterocycles. The molecule has 1 heterocycles. The third kappa shape index (κ3) is 8.34. The molecule has 0 saturated heterocycles. The van der Waals surface area contributed by atoms with E-state index in [0.29, 0.717) is 26.2 Å². The highest BCUT2D eigenvalue weighted by molar-refractivity contribution is 5.69. The highest BCUT2D eigenvalue weighted by atomic mass is 16.6. The molecule has 0 aromatic carbocycles. The predicted molar refractivity (Wildman–Crippen MR) is 71.9 cm³/mol. The number of carbonyl (C=O) groups excluding carboxylic acids is 1. The van der Waals surface area contributed by atoms with Gasteiger partial charge >= 0.3 is 5.97 Å². The Balaban J connectivity index is 1.90. The third-order valence-corrected chi connectivity index (χ3v) is 2.56. The number of aromatic nitrogens is 2. The van der Waals surface area contributed by atoms with E-state index in [1.54, 1.807) is 12.5 Å². The van der Waals surface area contributed by atoms with E-state index in [2.05, 4.69) is 9.97 Å². The minimum absolute atomic E-state index is 0.171. The first-order valence-corrected chi connectivity index (χ1v) is 6.54. The van der Waals surface area contributed by atoms with E-state index in [9.17, 15) is 4.79 Å². The molecular weight excluding hydrogens is 246 g/mol. The molecule has 0 aliphatic heterocycles. The Bertz CT molecular complexity index is 339. The molecule has 0 fully saturated rings. The van der Waals surface area contributed by atoms with Crippen molar-refractivity contribution in [3.8, 4) is 0 Å². The molecule has 6 nitrogen and oxygen atoms in total. The van der Waals surface area contributed by atoms with Gasteiger partial charge in [-0.2, -0.15) is 0 Å². The van der Waals surface area contributed by atoms with E-state index in [0.717, 1.165) is 25.1 Å². The zero-order valence-electron chi connectivity index (χ0n) is 11.7. The van der Waals surface area contributed by atoms with Crippen molar-refractivity contribution in [3.05, 3.63) is 18.2 Å². The zero-order chi connectivity index (χ0) is 13.9. The van der Waals surface area contributed by atoms with Crippen LogP contribution in [-0.4, -0.2) is 61.3 Å². The van der Waals surface area contributed by atoms with Crippen LogP contribution in [0.4, 0.5) is 0 Å². The van der Waals surface area contributed by atoms with Gasteiger partial charge in [0.1, 0.15) is 6.61 Å². The Morgan fingerprint density at radius 3 is 2.89 bits per heavy atom. The summed E-state index contributed by atoms with van der Waals surface area (Å²) in [6.45, 7) is 2.32. The van der Waals surface area contributed by atoms with E-state index in [4.69, 9.17) is 9.47 Å². The summed E-state index contributed by atoms with van der Waals surface area (Å²) in [5.41, 5.74) is 1.04. The van der Waals surface area contributed by atoms with E-state index in [1.807, 2.05) is 19.0 Å². The number of imidazole rings is 1. The van der Waals surface area contributed by atoms with Crippen molar-refractivity contribution in [2.24, 2.45) is 0 Å². The molecule has 0 atom stereocenters. The second-order valence-electron chi connectivity index (χ2n) is 4.57. The fraction of sp³-hybridized carbons (Fsp3) is 0.692. The lowest BCUT2D eigenvalue weighted by molar-refractivity contribution is -0.145. The van der Waals surface area contributed by atoms with Gasteiger partial charge in [-0.05, 0) is 26.9 Å². The van der Waals surface area contributed by atoms with Crippen LogP contribution in [0.5, 0.6) is 0 Å². The lowest BCUT2D eigenvalue weighted by Gasteiger charge is -2.10. The summed E-state index contributed by atoms with van der Waals surface area (Å²) in [6, 6.07) is 0. The molecule has 0 spiro atoms. The van der Waals surface area contributed by atoms with Crippen molar-refractivity contribution in [2.75, 3.05) is 40.5 Å². The largest absolute Gasteiger partial charge is 0.463 e. The Kier molecular flexibility index (Phi) is 7.84. The number of ether oxygens (including phenoxy) is 2. The van der Waals surface area contributed by atoms with Gasteiger partial charge in [0, 0.05) is 24.9 Å². The minimum Gasteiger partial charge on any atom is -0.463 e. The van der Waals surface area contributed by atoms with E-state index >= 15 is 0 Å². The Hall–Kier alpha value is -1.40. The molecule has 0 radical (unpaired) electrons. The van der Waals surface area contributed by atoms with Gasteiger partial charge in [0.15, 0.2) is 0 Å². The summed E-state index contributed by atoms with van der Waals surface area (Å²) >= 11 is 0. The van der Waals surface area contributed by atoms with Crippen LogP contribution in [0.25, 0.3) is 0 Å². The number of H-pyrrole nitrogens is 1. The van der Waals surface area contributed by atoms with Crippen molar-refractivity contribution < 1.29 is 14.3 Å². The molecule has 0 aliphatic carbocycles. The second kappa shape index (κ2) is 9.52. The molecule has 0 saturated carbocycles. The summed E-state index contributed by atoms with van der Waals surface area (Å²) in [6.07, 6.45) is 5.41. The minimum atomic E-state index is -0.171. The van der Waals surface area contributed by atoms with Gasteiger partial charge in [-0.3, -0.25) is 4.79 Å². The Morgan fingerprint density at radius 1 is 1.37 bits per heavy atom. The van der Waals surface area contributed by atoms with Crippen LogP contribution >= 0.6 is 0 Å². The van der Waals surface area contributed by atoms with Gasteiger partial charge in [0.05, 0.1) is 19.5 Å². The second-order valence-corrected chi connectivity index (χ2v) is 4.57. The fourth-order valence-corrected chi connectivity index (χ4v) is 1.48. The van der Waals surface area contributed by atoms with E-state index in [-0.39, 0.29) is 5.97 Å². The molecule has 1 aromatic rings. The number of nitrogens with one attached hydrogen (secondary N) is 1. The number of esters is 1. The van der Waals surface area contributed by atoms with Crippen LogP contribution in [0.1, 0.15) is 18.5 Å². The van der Waals surface area contributed by atoms with Crippen molar-refractivity contribution in [2.45, 2.75) is 19.3 Å². The molecule has 6 heteroatoms. The van der Waals surface area contributed by atoms with Crippen LogP contribution < -0.4 is 0 Å². The van der Waals surface area contributed by atoms with Gasteiger partial charge in [-0.15, -0.1) is 0 Å². The van der Waals surface area contributed by atoms with Gasteiger partial charge in [-0.1, -0.05) is 0 Å². The summed E-state index contributed by atoms with van der Waals surface area (Å²) in [4.78, 5) is 20.4. The maximum absolute atomic E-state index is 11.4. The topological polar surface area (TPSA) is 67.5 Å². The number of hydrogen-bond donors (Lipinski definition) is 1. The first-order valence-electron chi connectivity index (χ1n) is 6.54. The molecule has 19 heavy (non-hydrogen) atoms. The maximum atomic E-state index is 11.4. The van der Waals surface area contributed by atoms with Crippen LogP contribution in [0.3, 0.4) is 0 Å². The van der Waals surface area contributed by atoms with E-state index in [1.165, 1.54) is 0 Å². The maximum Gasteiger partial charge on any atom is 0.305 e. The van der Waals surface area contributed by atoms with Gasteiger partial charge in [0.25, 0.3) is 0 Å². The number of aromatic amines is 1. The first kappa shape index (κ1) is 15.7. The number of nitrogens with zero attached hydrogens (tertiary/aromatic N) is 2. The SMILES string of the molecule is CN(C)CCOCCOC(=O)CCCc1cnc[nH]1. The Morgan fingerprint density at radius 2 is 2.21 bits per heavy atom. The summed E-state index contributed by atoms with van der Waals surface area (Å²) in [5.74, 6) is -0.171. The number of aryl methyl sites for hydroxylation is 1. The highest BCUT2D eigenvalue weighted by Gasteiger charge is 2.03. The number of carbonyl (C=O) groups is 1. The molecule has 0 amide bonds. The number of hydrogen-bond acceptors (Lipinski definition) is 5. The van der Waals surface area contributed by atoms with Crippen molar-refractivity contribution >= 4 is 5.97 Å². The highest BCUT2D eigenvalue weighted by Crippen LogP contribution is 2.01. The summed E-state index contributed by atoms with van der Waals surface area (Å²) < 4.78 is 10.4. The molecule has 0 unspecified atom stereocenters. The third-order valence-electron chi connectivity index (χ3n) is 2.56. The lowest BCUT2D eigenvalue weighted by atomic mass is 10.2. The first-order chi connectivity index (χ1) is 9.18. The van der Waals surface area contributed by atoms with Crippen LogP contribution in [0.15, 0.2) is 12.5 Å². The number of likely N-dealkylation sites (N-methyl/N-ethyl adjacent to an activating group) is 1. The zero-order valence-corrected chi connectivity index (χ0v) is 11.7. The Labute approximate surface area is 114 Å². The van der Waals surface area contributed by atoms with Crippen LogP contribution in [-0.2, 0) is 20.7 Å². The molecule has 1 N–H and O–H groups in total. The average molecular weight is 269 g/mol. The predicted octanol–water partition coefficient (Wildman–Crippen LogP) is 0.854. The van der Waals surface area contributed by atoms with E-state index < -0.39 is 0 Å². The quantitative estimate of drug-likeness (QED) is 0.504. The monoisotopic (exact) mass is 269 g/mol. The summed E-state index contributed by atoms with van der Waals surface area (Å²) in [5, 5.41) is 0. The fourth-order valence-electron chi connectivity index (χ4n) is 1.48. The molecule has 108 valence electrons. The smallest absolute Gasteiger partial charge is 0.305 e. The molecule has 1 rings (SSSR count). The van der Waals surface area contributed by atoms with Gasteiger partial charge in [-0.25, -0.2) is 4.98 Å². The van der Waals surface area contributed by atoms with Crippen molar-refractivity contribution in [1.29, 1.82) is 0 Å². The number of rotatable bonds is 10.